The molecule has 0 radical (unpaired) electrons. The largest absolute Gasteiger partial charge is 0.511 e. The zero-order valence-electron chi connectivity index (χ0n) is 8.13. The van der Waals surface area contributed by atoms with E-state index in [1.165, 1.54) is 18.2 Å². The number of rotatable bonds is 1. The van der Waals surface area contributed by atoms with E-state index in [0.717, 1.165) is 0 Å². The van der Waals surface area contributed by atoms with Crippen molar-refractivity contribution in [1.82, 2.24) is 0 Å². The number of hydrogen-bond donors (Lipinski definition) is 1. The van der Waals surface area contributed by atoms with Gasteiger partial charge < -0.3 is 9.84 Å². The minimum absolute atomic E-state index is 0.0151. The number of benzene rings is 1. The molecule has 0 spiro atoms. The topological polar surface area (TPSA) is 97.7 Å². The van der Waals surface area contributed by atoms with Crippen LogP contribution in [0.1, 0.15) is 10.4 Å². The average molecular weight is 252 g/mol. The summed E-state index contributed by atoms with van der Waals surface area (Å²) in [7, 11) is 0. The Kier molecular flexibility index (Phi) is 2.68. The highest BCUT2D eigenvalue weighted by atomic mass is 32.2. The quantitative estimate of drug-likeness (QED) is 0.454. The van der Waals surface area contributed by atoms with Crippen molar-refractivity contribution in [3.63, 3.8) is 0 Å². The van der Waals surface area contributed by atoms with Gasteiger partial charge in [0.05, 0.1) is 0 Å². The third kappa shape index (κ3) is 2.04. The van der Waals surface area contributed by atoms with Crippen LogP contribution < -0.4 is 4.74 Å². The normalized spacial score (nSPS) is 14.5. The first kappa shape index (κ1) is 11.3. The van der Waals surface area contributed by atoms with E-state index in [9.17, 15) is 19.2 Å². The van der Waals surface area contributed by atoms with E-state index in [1.807, 2.05) is 0 Å². The van der Waals surface area contributed by atoms with Gasteiger partial charge in [-0.05, 0) is 30.0 Å². The Bertz CT molecular complexity index is 562. The van der Waals surface area contributed by atoms with Crippen molar-refractivity contribution in [2.75, 3.05) is 0 Å². The molecule has 86 valence electrons. The van der Waals surface area contributed by atoms with Gasteiger partial charge in [-0.25, -0.2) is 4.79 Å². The summed E-state index contributed by atoms with van der Waals surface area (Å²) in [4.78, 5) is 44.2. The summed E-state index contributed by atoms with van der Waals surface area (Å²) in [6.07, 6.45) is -1.50. The van der Waals surface area contributed by atoms with Crippen LogP contribution in [0.5, 0.6) is 5.75 Å². The summed E-state index contributed by atoms with van der Waals surface area (Å²) < 4.78 is 4.37. The maximum atomic E-state index is 11.4. The number of carbonyl (C=O) groups excluding carboxylic acids is 3. The summed E-state index contributed by atoms with van der Waals surface area (Å²) in [6.45, 7) is 0. The lowest BCUT2D eigenvalue weighted by atomic mass is 10.1. The molecule has 6 nitrogen and oxygen atoms in total. The lowest BCUT2D eigenvalue weighted by Crippen LogP contribution is -2.26. The van der Waals surface area contributed by atoms with E-state index in [4.69, 9.17) is 5.11 Å². The molecule has 1 aromatic carbocycles. The number of hydrogen-bond acceptors (Lipinski definition) is 6. The highest BCUT2D eigenvalue weighted by Gasteiger charge is 2.33. The second kappa shape index (κ2) is 4.02. The van der Waals surface area contributed by atoms with Crippen molar-refractivity contribution in [2.24, 2.45) is 0 Å². The highest BCUT2D eigenvalue weighted by Crippen LogP contribution is 2.32. The third-order valence-corrected chi connectivity index (χ3v) is 2.93. The molecule has 0 atom stereocenters. The Morgan fingerprint density at radius 3 is 2.53 bits per heavy atom. The number of thioether (sulfide) groups is 1. The van der Waals surface area contributed by atoms with Gasteiger partial charge >= 0.3 is 6.16 Å². The molecule has 0 aromatic heterocycles. The summed E-state index contributed by atoms with van der Waals surface area (Å²) >= 11 is 0.583. The van der Waals surface area contributed by atoms with Crippen LogP contribution in [0.15, 0.2) is 23.1 Å². The molecule has 0 saturated carbocycles. The zero-order chi connectivity index (χ0) is 12.6. The highest BCUT2D eigenvalue weighted by molar-refractivity contribution is 8.16. The molecule has 2 rings (SSSR count). The van der Waals surface area contributed by atoms with Crippen molar-refractivity contribution >= 4 is 34.6 Å². The fraction of sp³-hybridized carbons (Fsp3) is 0. The van der Waals surface area contributed by atoms with Crippen LogP contribution in [0.3, 0.4) is 0 Å². The van der Waals surface area contributed by atoms with Crippen LogP contribution in [0, 0.1) is 0 Å². The number of carbonyl (C=O) groups is 4. The van der Waals surface area contributed by atoms with Gasteiger partial charge in [0, 0.05) is 10.5 Å². The van der Waals surface area contributed by atoms with E-state index in [-0.39, 0.29) is 16.2 Å². The summed E-state index contributed by atoms with van der Waals surface area (Å²) in [5.41, 5.74) is 0.0809. The molecule has 7 heteroatoms. The molecule has 0 fully saturated rings. The maximum absolute atomic E-state index is 11.4. The van der Waals surface area contributed by atoms with Gasteiger partial charge in [0.25, 0.3) is 10.9 Å². The summed E-state index contributed by atoms with van der Waals surface area (Å²) in [5.74, 6) is -1.97. The standard InChI is InChI=1S/C10H4O6S/c11-7-5-2-1-4(16-10(14)15)3-6(5)17-9(13)8(7)12/h1-3H,(H,14,15). The van der Waals surface area contributed by atoms with Crippen LogP contribution in [0.2, 0.25) is 0 Å². The van der Waals surface area contributed by atoms with Crippen LogP contribution in [-0.2, 0) is 9.59 Å². The van der Waals surface area contributed by atoms with Crippen molar-refractivity contribution in [3.8, 4) is 5.75 Å². The summed E-state index contributed by atoms with van der Waals surface area (Å²) in [5, 5.41) is 7.52. The smallest absolute Gasteiger partial charge is 0.449 e. The predicted molar refractivity (Wildman–Crippen MR) is 55.3 cm³/mol. The number of ketones is 2. The van der Waals surface area contributed by atoms with Crippen LogP contribution in [0.4, 0.5) is 4.79 Å². The fourth-order valence-corrected chi connectivity index (χ4v) is 2.13. The van der Waals surface area contributed by atoms with Gasteiger partial charge in [-0.2, -0.15) is 0 Å². The van der Waals surface area contributed by atoms with E-state index in [0.29, 0.717) is 11.8 Å². The minimum atomic E-state index is -1.50. The zero-order valence-corrected chi connectivity index (χ0v) is 8.95. The Labute approximate surface area is 98.6 Å². The van der Waals surface area contributed by atoms with Gasteiger partial charge in [-0.1, -0.05) is 0 Å². The molecule has 0 saturated heterocycles. The summed E-state index contributed by atoms with van der Waals surface area (Å²) in [6, 6.07) is 3.73. The predicted octanol–water partition coefficient (Wildman–Crippen LogP) is 1.13. The molecule has 0 amide bonds. The van der Waals surface area contributed by atoms with Crippen molar-refractivity contribution < 1.29 is 29.0 Å². The molecule has 1 N–H and O–H groups in total. The second-order valence-electron chi connectivity index (χ2n) is 3.07. The van der Waals surface area contributed by atoms with Gasteiger partial charge in [-0.3, -0.25) is 14.4 Å². The molecular weight excluding hydrogens is 248 g/mol. The van der Waals surface area contributed by atoms with Gasteiger partial charge in [0.1, 0.15) is 5.75 Å². The molecule has 1 aromatic rings. The van der Waals surface area contributed by atoms with E-state index in [2.05, 4.69) is 4.74 Å². The fourth-order valence-electron chi connectivity index (χ4n) is 1.30. The third-order valence-electron chi connectivity index (χ3n) is 2.00. The van der Waals surface area contributed by atoms with Crippen LogP contribution >= 0.6 is 11.8 Å². The number of Topliss-reactive ketones (excluding diaryl/α,β-unsaturated/α-hetero) is 2. The lowest BCUT2D eigenvalue weighted by Gasteiger charge is -2.12. The van der Waals surface area contributed by atoms with E-state index in [1.54, 1.807) is 0 Å². The van der Waals surface area contributed by atoms with E-state index < -0.39 is 22.8 Å². The first-order chi connectivity index (χ1) is 7.99. The second-order valence-corrected chi connectivity index (χ2v) is 4.09. The Morgan fingerprint density at radius 1 is 1.18 bits per heavy atom. The van der Waals surface area contributed by atoms with E-state index >= 15 is 0 Å². The van der Waals surface area contributed by atoms with Gasteiger partial charge in [0.15, 0.2) is 0 Å². The minimum Gasteiger partial charge on any atom is -0.449 e. The van der Waals surface area contributed by atoms with Gasteiger partial charge in [-0.15, -0.1) is 0 Å². The monoisotopic (exact) mass is 252 g/mol. The molecule has 0 bridgehead atoms. The number of carboxylic acid groups (broad SMARTS) is 1. The molecular formula is C10H4O6S. The SMILES string of the molecule is O=C(O)Oc1ccc2c(c1)SC(=O)C(=O)C2=O. The number of fused-ring (bicyclic) bond motifs is 1. The lowest BCUT2D eigenvalue weighted by molar-refractivity contribution is -0.128. The Hall–Kier alpha value is -2.15. The molecule has 0 unspecified atom stereocenters. The first-order valence-electron chi connectivity index (χ1n) is 4.34. The van der Waals surface area contributed by atoms with Crippen molar-refractivity contribution in [2.45, 2.75) is 4.90 Å². The number of ether oxygens (including phenoxy) is 1. The van der Waals surface area contributed by atoms with Crippen molar-refractivity contribution in [3.05, 3.63) is 23.8 Å². The first-order valence-corrected chi connectivity index (χ1v) is 5.16. The van der Waals surface area contributed by atoms with Crippen molar-refractivity contribution in [1.29, 1.82) is 0 Å². The Balaban J connectivity index is 2.43. The Morgan fingerprint density at radius 2 is 1.88 bits per heavy atom. The molecule has 1 aliphatic rings. The maximum Gasteiger partial charge on any atom is 0.511 e. The molecule has 17 heavy (non-hydrogen) atoms. The van der Waals surface area contributed by atoms with Gasteiger partial charge in [0.2, 0.25) is 5.78 Å². The van der Waals surface area contributed by atoms with Crippen LogP contribution in [-0.4, -0.2) is 27.9 Å². The van der Waals surface area contributed by atoms with Crippen LogP contribution in [0.25, 0.3) is 0 Å². The molecule has 0 aliphatic carbocycles. The average Bonchev–Trinajstić information content (AvgIpc) is 2.25. The molecule has 1 heterocycles. The molecule has 1 aliphatic heterocycles.